The van der Waals surface area contributed by atoms with E-state index in [1.165, 1.54) is 133 Å². The Morgan fingerprint density at radius 2 is 1.05 bits per heavy atom. The molecule has 0 bridgehead atoms. The van der Waals surface area contributed by atoms with Crippen LogP contribution in [-0.2, 0) is 10.8 Å². The minimum Gasteiger partial charge on any atom is -0.376 e. The van der Waals surface area contributed by atoms with Gasteiger partial charge in [-0.25, -0.2) is 0 Å². The third kappa shape index (κ3) is 4.60. The van der Waals surface area contributed by atoms with E-state index >= 15 is 0 Å². The van der Waals surface area contributed by atoms with Crippen molar-refractivity contribution in [3.05, 3.63) is 151 Å². The second kappa shape index (κ2) is 12.0. The van der Waals surface area contributed by atoms with E-state index in [9.17, 15) is 0 Å². The van der Waals surface area contributed by atoms with Gasteiger partial charge in [-0.2, -0.15) is 0 Å². The Bertz CT molecular complexity index is 3960. The summed E-state index contributed by atoms with van der Waals surface area (Å²) in [6.45, 7) is 13.9. The van der Waals surface area contributed by atoms with E-state index in [2.05, 4.69) is 190 Å². The molecule has 62 heavy (non-hydrogen) atoms. The monoisotopic (exact) mass is 848 g/mol. The molecule has 296 valence electrons. The van der Waals surface area contributed by atoms with E-state index < -0.39 is 0 Å². The minimum absolute atomic E-state index is 0.00357. The highest BCUT2D eigenvalue weighted by Crippen LogP contribution is 2.54. The summed E-state index contributed by atoms with van der Waals surface area (Å²) in [5.74, 6) is 0. The van der Waals surface area contributed by atoms with Crippen molar-refractivity contribution in [2.45, 2.75) is 52.4 Å². The Balaban J connectivity index is 1.24. The summed E-state index contributed by atoms with van der Waals surface area (Å²) < 4.78 is 10.8. The lowest BCUT2D eigenvalue weighted by Gasteiger charge is -2.42. The average molecular weight is 849 g/mol. The number of hydrogen-bond donors (Lipinski definition) is 0. The molecule has 4 aromatic heterocycles. The fourth-order valence-corrected chi connectivity index (χ4v) is 14.6. The topological polar surface area (TPSA) is 8.17 Å². The molecule has 2 nitrogen and oxygen atoms in total. The molecule has 0 fully saturated rings. The van der Waals surface area contributed by atoms with Gasteiger partial charge in [-0.3, -0.25) is 0 Å². The molecule has 0 spiro atoms. The summed E-state index contributed by atoms with van der Waals surface area (Å²) in [5.41, 5.74) is 14.7. The summed E-state index contributed by atoms with van der Waals surface area (Å²) in [7, 11) is 0. The molecule has 6 heterocycles. The third-order valence-corrected chi connectivity index (χ3v) is 17.5. The Hall–Kier alpha value is -5.92. The Kier molecular flexibility index (Phi) is 6.88. The first-order valence-corrected chi connectivity index (χ1v) is 24.2. The molecule has 0 atom stereocenters. The molecule has 0 radical (unpaired) electrons. The summed E-state index contributed by atoms with van der Waals surface area (Å²) >= 11 is 5.82. The highest BCUT2D eigenvalue weighted by atomic mass is 32.1. The zero-order chi connectivity index (χ0) is 41.6. The zero-order valence-corrected chi connectivity index (χ0v) is 37.9. The first-order chi connectivity index (χ1) is 30.0. The van der Waals surface area contributed by atoms with Crippen LogP contribution in [0.1, 0.15) is 52.7 Å². The van der Waals surface area contributed by atoms with Crippen molar-refractivity contribution < 1.29 is 0 Å². The lowest BCUT2D eigenvalue weighted by Crippen LogP contribution is -2.60. The van der Waals surface area contributed by atoms with Crippen LogP contribution in [0.5, 0.6) is 0 Å². The summed E-state index contributed by atoms with van der Waals surface area (Å²) in [5, 5.41) is 10.8. The lowest BCUT2D eigenvalue weighted by atomic mass is 9.43. The highest BCUT2D eigenvalue weighted by molar-refractivity contribution is 7.27. The SMILES string of the molecule is CC(C)(C)c1ccc(N2B3c4cc5c(cc4-n4c6ccc(C(C)(C)C)cc6c6c7sc8ccccc8c7c(c3c64)-c3cc4c(cc32)sc2ccccc24)sc2ccccc25)cc1. The first-order valence-electron chi connectivity index (χ1n) is 21.8. The molecule has 0 saturated carbocycles. The summed E-state index contributed by atoms with van der Waals surface area (Å²) in [6.07, 6.45) is 0. The molecule has 2 aliphatic heterocycles. The van der Waals surface area contributed by atoms with Gasteiger partial charge in [0.15, 0.2) is 0 Å². The number of rotatable bonds is 1. The molecule has 6 heteroatoms. The number of hydrogen-bond acceptors (Lipinski definition) is 4. The van der Waals surface area contributed by atoms with Gasteiger partial charge < -0.3 is 9.38 Å². The minimum atomic E-state index is -0.0765. The van der Waals surface area contributed by atoms with Crippen molar-refractivity contribution in [2.75, 3.05) is 4.81 Å². The highest BCUT2D eigenvalue weighted by Gasteiger charge is 2.46. The second-order valence-corrected chi connectivity index (χ2v) is 22.9. The normalized spacial score (nSPS) is 13.9. The molecule has 0 amide bonds. The number of thiophene rings is 3. The van der Waals surface area contributed by atoms with Crippen molar-refractivity contribution in [2.24, 2.45) is 0 Å². The van der Waals surface area contributed by atoms with Crippen LogP contribution < -0.4 is 15.7 Å². The van der Waals surface area contributed by atoms with Crippen LogP contribution in [0.3, 0.4) is 0 Å². The molecular weight excluding hydrogens is 808 g/mol. The van der Waals surface area contributed by atoms with E-state index in [-0.39, 0.29) is 17.7 Å². The predicted molar refractivity (Wildman–Crippen MR) is 276 cm³/mol. The second-order valence-electron chi connectivity index (χ2n) is 19.7. The van der Waals surface area contributed by atoms with Crippen molar-refractivity contribution in [3.63, 3.8) is 0 Å². The first kappa shape index (κ1) is 35.7. The van der Waals surface area contributed by atoms with Gasteiger partial charge in [-0.15, -0.1) is 34.0 Å². The third-order valence-electron chi connectivity index (χ3n) is 14.1. The summed E-state index contributed by atoms with van der Waals surface area (Å²) in [6, 6.07) is 54.3. The van der Waals surface area contributed by atoms with Gasteiger partial charge in [0, 0.05) is 93.9 Å². The van der Waals surface area contributed by atoms with Crippen molar-refractivity contribution in [1.82, 2.24) is 4.57 Å². The molecular formula is C56H41BN2S3. The standard InChI is InChI=1S/C56H41BN2S3/c1-55(2,3)30-19-22-32(23-20-30)59-42-28-47-36(33-13-7-10-16-44(33)60-47)26-39(42)49-50-35-15-9-12-18-46(35)62-54(50)51-38-25-31(56(4,5)6)21-24-41(38)58-43-29-48-37(34-14-8-11-17-45(34)61-48)27-40(43)57(59)52(49)53(51)58/h7-29H,1-6H3. The summed E-state index contributed by atoms with van der Waals surface area (Å²) in [4.78, 5) is 2.73. The number of anilines is 2. The molecule has 14 rings (SSSR count). The lowest BCUT2D eigenvalue weighted by molar-refractivity contribution is 0.590. The number of fused-ring (bicyclic) bond motifs is 19. The van der Waals surface area contributed by atoms with Gasteiger partial charge in [-0.1, -0.05) is 120 Å². The maximum absolute atomic E-state index is 2.73. The maximum Gasteiger partial charge on any atom is 0.333 e. The van der Waals surface area contributed by atoms with Crippen LogP contribution in [0.25, 0.3) is 99.1 Å². The Morgan fingerprint density at radius 1 is 0.468 bits per heavy atom. The zero-order valence-electron chi connectivity index (χ0n) is 35.5. The van der Waals surface area contributed by atoms with E-state index in [1.54, 1.807) is 0 Å². The molecule has 12 aromatic rings. The van der Waals surface area contributed by atoms with Crippen molar-refractivity contribution in [3.8, 4) is 16.8 Å². The van der Waals surface area contributed by atoms with Gasteiger partial charge in [0.25, 0.3) is 0 Å². The maximum atomic E-state index is 2.73. The van der Waals surface area contributed by atoms with Crippen LogP contribution in [-0.4, -0.2) is 11.4 Å². The fraction of sp³-hybridized carbons (Fsp3) is 0.143. The molecule has 0 aliphatic carbocycles. The van der Waals surface area contributed by atoms with Crippen LogP contribution in [0.4, 0.5) is 11.4 Å². The van der Waals surface area contributed by atoms with Crippen LogP contribution in [0, 0.1) is 0 Å². The van der Waals surface area contributed by atoms with Crippen LogP contribution in [0.15, 0.2) is 140 Å². The van der Waals surface area contributed by atoms with Gasteiger partial charge >= 0.3 is 6.85 Å². The smallest absolute Gasteiger partial charge is 0.333 e. The van der Waals surface area contributed by atoms with Crippen molar-refractivity contribution >= 4 is 145 Å². The Labute approximate surface area is 372 Å². The van der Waals surface area contributed by atoms with E-state index in [0.717, 1.165) is 0 Å². The quantitative estimate of drug-likeness (QED) is 0.149. The van der Waals surface area contributed by atoms with Crippen LogP contribution in [0.2, 0.25) is 0 Å². The molecule has 0 unspecified atom stereocenters. The van der Waals surface area contributed by atoms with Gasteiger partial charge in [-0.05, 0) is 99.1 Å². The fourth-order valence-electron chi connectivity index (χ4n) is 11.1. The molecule has 0 N–H and O–H groups in total. The largest absolute Gasteiger partial charge is 0.376 e. The number of nitrogens with zero attached hydrogens (tertiary/aromatic N) is 2. The molecule has 0 saturated heterocycles. The molecule has 2 aliphatic rings. The average Bonchev–Trinajstić information content (AvgIpc) is 4.02. The van der Waals surface area contributed by atoms with Gasteiger partial charge in [0.1, 0.15) is 0 Å². The molecule has 8 aromatic carbocycles. The van der Waals surface area contributed by atoms with E-state index in [4.69, 9.17) is 0 Å². The number of aromatic nitrogens is 1. The van der Waals surface area contributed by atoms with Gasteiger partial charge in [0.2, 0.25) is 0 Å². The van der Waals surface area contributed by atoms with Crippen molar-refractivity contribution in [1.29, 1.82) is 0 Å². The van der Waals surface area contributed by atoms with E-state index in [0.29, 0.717) is 0 Å². The predicted octanol–water partition coefficient (Wildman–Crippen LogP) is 15.7. The number of benzene rings is 8. The van der Waals surface area contributed by atoms with Gasteiger partial charge in [0.05, 0.1) is 11.0 Å². The van der Waals surface area contributed by atoms with Crippen LogP contribution >= 0.6 is 34.0 Å². The van der Waals surface area contributed by atoms with E-state index in [1.807, 2.05) is 34.0 Å². The Morgan fingerprint density at radius 3 is 1.71 bits per heavy atom.